The Morgan fingerprint density at radius 1 is 1.50 bits per heavy atom. The Bertz CT molecular complexity index is 454. The number of aryl methyl sites for hydroxylation is 1. The lowest BCUT2D eigenvalue weighted by Crippen LogP contribution is -2.53. The van der Waals surface area contributed by atoms with Crippen LogP contribution >= 0.6 is 0 Å². The summed E-state index contributed by atoms with van der Waals surface area (Å²) in [5.74, 6) is 0.0287. The van der Waals surface area contributed by atoms with Gasteiger partial charge in [-0.1, -0.05) is 0 Å². The second-order valence-electron chi connectivity index (χ2n) is 4.55. The molecule has 0 bridgehead atoms. The lowest BCUT2D eigenvalue weighted by atomic mass is 10.1. The maximum Gasteiger partial charge on any atom is 0.328 e. The summed E-state index contributed by atoms with van der Waals surface area (Å²) >= 11 is 0. The number of nitrogens with one attached hydrogen (secondary N) is 2. The average Bonchev–Trinajstić information content (AvgIpc) is 2.63. The van der Waals surface area contributed by atoms with Crippen molar-refractivity contribution in [3.05, 3.63) is 11.6 Å². The molecule has 1 aromatic heterocycles. The number of carboxylic acids is 1. The van der Waals surface area contributed by atoms with Gasteiger partial charge in [-0.3, -0.25) is 5.10 Å². The molecule has 1 heterocycles. The number of carbonyl (C=O) groups excluding carboxylic acids is 1. The van der Waals surface area contributed by atoms with Gasteiger partial charge < -0.3 is 15.3 Å². The Kier molecular flexibility index (Phi) is 3.89. The van der Waals surface area contributed by atoms with Gasteiger partial charge >= 0.3 is 12.0 Å². The predicted molar refractivity (Wildman–Crippen MR) is 62.8 cm³/mol. The Morgan fingerprint density at radius 3 is 2.56 bits per heavy atom. The van der Waals surface area contributed by atoms with Crippen LogP contribution in [0.5, 0.6) is 0 Å². The van der Waals surface area contributed by atoms with Gasteiger partial charge in [0.05, 0.1) is 6.54 Å². The van der Waals surface area contributed by atoms with Crippen molar-refractivity contribution in [2.75, 3.05) is 7.05 Å². The number of carboxylic acid groups (broad SMARTS) is 1. The third kappa shape index (κ3) is 3.44. The van der Waals surface area contributed by atoms with E-state index < -0.39 is 17.5 Å². The lowest BCUT2D eigenvalue weighted by molar-refractivity contribution is -0.143. The third-order valence-electron chi connectivity index (χ3n) is 2.32. The van der Waals surface area contributed by atoms with E-state index in [-0.39, 0.29) is 6.54 Å². The van der Waals surface area contributed by atoms with Gasteiger partial charge in [0.25, 0.3) is 0 Å². The Labute approximate surface area is 104 Å². The van der Waals surface area contributed by atoms with Crippen LogP contribution in [0.1, 0.15) is 25.5 Å². The first-order valence-electron chi connectivity index (χ1n) is 5.37. The van der Waals surface area contributed by atoms with Crippen LogP contribution in [0.25, 0.3) is 0 Å². The fraction of sp³-hybridized carbons (Fsp3) is 0.600. The first-order chi connectivity index (χ1) is 8.22. The SMILES string of the molecule is Cc1nc(CN(C)C(=O)NC(C)(C)C(=O)O)n[nH]1. The van der Waals surface area contributed by atoms with Crippen LogP contribution in [0.3, 0.4) is 0 Å². The third-order valence-corrected chi connectivity index (χ3v) is 2.32. The average molecular weight is 255 g/mol. The molecule has 8 heteroatoms. The normalized spacial score (nSPS) is 11.1. The summed E-state index contributed by atoms with van der Waals surface area (Å²) in [6.45, 7) is 4.78. The number of aliphatic carboxylic acids is 1. The van der Waals surface area contributed by atoms with Crippen LogP contribution in [0.2, 0.25) is 0 Å². The van der Waals surface area contributed by atoms with Crippen LogP contribution in [0, 0.1) is 6.92 Å². The van der Waals surface area contributed by atoms with E-state index in [0.717, 1.165) is 0 Å². The van der Waals surface area contributed by atoms with Crippen molar-refractivity contribution >= 4 is 12.0 Å². The minimum Gasteiger partial charge on any atom is -0.480 e. The van der Waals surface area contributed by atoms with Crippen molar-refractivity contribution in [3.63, 3.8) is 0 Å². The Balaban J connectivity index is 2.59. The first kappa shape index (κ1) is 13.9. The second kappa shape index (κ2) is 5.03. The smallest absolute Gasteiger partial charge is 0.328 e. The molecule has 1 aromatic rings. The quantitative estimate of drug-likeness (QED) is 0.707. The maximum absolute atomic E-state index is 11.8. The van der Waals surface area contributed by atoms with Gasteiger partial charge in [0, 0.05) is 7.05 Å². The van der Waals surface area contributed by atoms with Gasteiger partial charge in [0.1, 0.15) is 11.4 Å². The Hall–Kier alpha value is -2.12. The van der Waals surface area contributed by atoms with Crippen molar-refractivity contribution in [2.45, 2.75) is 32.9 Å². The van der Waals surface area contributed by atoms with Crippen LogP contribution in [-0.4, -0.2) is 49.8 Å². The van der Waals surface area contributed by atoms with Crippen LogP contribution in [0.15, 0.2) is 0 Å². The van der Waals surface area contributed by atoms with Gasteiger partial charge in [-0.05, 0) is 20.8 Å². The van der Waals surface area contributed by atoms with E-state index in [9.17, 15) is 9.59 Å². The number of carbonyl (C=O) groups is 2. The predicted octanol–water partition coefficient (Wildman–Crippen LogP) is 0.118. The zero-order valence-electron chi connectivity index (χ0n) is 10.8. The van der Waals surface area contributed by atoms with Gasteiger partial charge in [0.2, 0.25) is 0 Å². The number of rotatable bonds is 4. The molecular weight excluding hydrogens is 238 g/mol. The minimum absolute atomic E-state index is 0.200. The van der Waals surface area contributed by atoms with Crippen LogP contribution in [-0.2, 0) is 11.3 Å². The molecule has 0 aliphatic rings. The van der Waals surface area contributed by atoms with Gasteiger partial charge in [-0.25, -0.2) is 14.6 Å². The fourth-order valence-electron chi connectivity index (χ4n) is 1.16. The highest BCUT2D eigenvalue weighted by atomic mass is 16.4. The van der Waals surface area contributed by atoms with E-state index in [1.807, 2.05) is 0 Å². The van der Waals surface area contributed by atoms with Gasteiger partial charge in [-0.15, -0.1) is 0 Å². The standard InChI is InChI=1S/C10H17N5O3/c1-6-11-7(14-13-6)5-15(4)9(18)12-10(2,3)8(16)17/h5H2,1-4H3,(H,12,18)(H,16,17)(H,11,13,14). The molecule has 3 N–H and O–H groups in total. The molecule has 0 saturated heterocycles. The molecule has 100 valence electrons. The molecule has 0 aliphatic heterocycles. The minimum atomic E-state index is -1.32. The largest absolute Gasteiger partial charge is 0.480 e. The van der Waals surface area contributed by atoms with Crippen molar-refractivity contribution in [3.8, 4) is 0 Å². The number of hydrogen-bond acceptors (Lipinski definition) is 4. The molecule has 18 heavy (non-hydrogen) atoms. The van der Waals surface area contributed by atoms with E-state index in [2.05, 4.69) is 20.5 Å². The van der Waals surface area contributed by atoms with E-state index in [4.69, 9.17) is 5.11 Å². The van der Waals surface area contributed by atoms with Crippen molar-refractivity contribution in [1.82, 2.24) is 25.4 Å². The summed E-state index contributed by atoms with van der Waals surface area (Å²) in [4.78, 5) is 28.0. The molecule has 8 nitrogen and oxygen atoms in total. The molecule has 0 unspecified atom stereocenters. The number of nitrogens with zero attached hydrogens (tertiary/aromatic N) is 3. The molecule has 0 atom stereocenters. The van der Waals surface area contributed by atoms with Crippen molar-refractivity contribution < 1.29 is 14.7 Å². The molecule has 0 aromatic carbocycles. The summed E-state index contributed by atoms with van der Waals surface area (Å²) in [5.41, 5.74) is -1.32. The zero-order chi connectivity index (χ0) is 13.9. The molecule has 2 amide bonds. The summed E-state index contributed by atoms with van der Waals surface area (Å²) in [7, 11) is 1.54. The maximum atomic E-state index is 11.8. The number of urea groups is 1. The van der Waals surface area contributed by atoms with E-state index in [1.54, 1.807) is 14.0 Å². The van der Waals surface area contributed by atoms with E-state index in [0.29, 0.717) is 11.6 Å². The summed E-state index contributed by atoms with van der Waals surface area (Å²) < 4.78 is 0. The lowest BCUT2D eigenvalue weighted by Gasteiger charge is -2.25. The number of aromatic nitrogens is 3. The van der Waals surface area contributed by atoms with E-state index in [1.165, 1.54) is 18.7 Å². The van der Waals surface area contributed by atoms with Crippen molar-refractivity contribution in [1.29, 1.82) is 0 Å². The zero-order valence-corrected chi connectivity index (χ0v) is 10.8. The highest BCUT2D eigenvalue weighted by Crippen LogP contribution is 2.04. The fourth-order valence-corrected chi connectivity index (χ4v) is 1.16. The number of H-pyrrole nitrogens is 1. The van der Waals surface area contributed by atoms with Crippen LogP contribution in [0.4, 0.5) is 4.79 Å². The molecule has 0 saturated carbocycles. The topological polar surface area (TPSA) is 111 Å². The van der Waals surface area contributed by atoms with E-state index >= 15 is 0 Å². The number of amides is 2. The highest BCUT2D eigenvalue weighted by molar-refractivity contribution is 5.85. The molecule has 0 spiro atoms. The monoisotopic (exact) mass is 255 g/mol. The van der Waals surface area contributed by atoms with Crippen molar-refractivity contribution in [2.24, 2.45) is 0 Å². The second-order valence-corrected chi connectivity index (χ2v) is 4.55. The number of aromatic amines is 1. The Morgan fingerprint density at radius 2 is 2.11 bits per heavy atom. The molecular formula is C10H17N5O3. The van der Waals surface area contributed by atoms with Gasteiger partial charge in [0.15, 0.2) is 5.82 Å². The highest BCUT2D eigenvalue weighted by Gasteiger charge is 2.30. The summed E-state index contributed by atoms with van der Waals surface area (Å²) in [5, 5.41) is 17.9. The summed E-state index contributed by atoms with van der Waals surface area (Å²) in [6, 6.07) is -0.496. The molecule has 0 fully saturated rings. The molecule has 0 radical (unpaired) electrons. The summed E-state index contributed by atoms with van der Waals surface area (Å²) in [6.07, 6.45) is 0. The first-order valence-corrected chi connectivity index (χ1v) is 5.37. The van der Waals surface area contributed by atoms with Crippen LogP contribution < -0.4 is 5.32 Å². The molecule has 0 aliphatic carbocycles. The number of hydrogen-bond donors (Lipinski definition) is 3. The van der Waals surface area contributed by atoms with Gasteiger partial charge in [-0.2, -0.15) is 5.10 Å². The molecule has 1 rings (SSSR count).